The molecule has 0 heterocycles. The van der Waals surface area contributed by atoms with E-state index in [0.29, 0.717) is 0 Å². The minimum absolute atomic E-state index is 0. The van der Waals surface area contributed by atoms with Crippen molar-refractivity contribution in [3.8, 4) is 0 Å². The molecule has 0 amide bonds. The van der Waals surface area contributed by atoms with Crippen LogP contribution in [0.15, 0.2) is 0 Å². The molecule has 0 fully saturated rings. The van der Waals surface area contributed by atoms with Gasteiger partial charge in [0.15, 0.2) is 0 Å². The number of halogens is 3. The van der Waals surface area contributed by atoms with Crippen molar-refractivity contribution in [3.63, 3.8) is 0 Å². The maximum atomic E-state index is 0. The van der Waals surface area contributed by atoms with Gasteiger partial charge in [0.1, 0.15) is 0 Å². The molecule has 0 rings (SSSR count). The molecule has 0 aliphatic carbocycles. The van der Waals surface area contributed by atoms with Crippen molar-refractivity contribution in [2.24, 2.45) is 0 Å². The van der Waals surface area contributed by atoms with Crippen LogP contribution in [0, 0.1) is 0 Å². The van der Waals surface area contributed by atoms with Gasteiger partial charge in [-0.15, -0.1) is 0 Å². The van der Waals surface area contributed by atoms with Gasteiger partial charge in [0, 0.05) is 0 Å². The van der Waals surface area contributed by atoms with Crippen molar-refractivity contribution in [2.75, 3.05) is 0 Å². The predicted octanol–water partition coefficient (Wildman–Crippen LogP) is -1.11. The zero-order chi connectivity index (χ0) is 0. The second-order valence-electron chi connectivity index (χ2n) is 0. The summed E-state index contributed by atoms with van der Waals surface area (Å²) in [5.74, 6) is 0. The Hall–Kier alpha value is 1.65. The van der Waals surface area contributed by atoms with Gasteiger partial charge in [-0.3, -0.25) is 14.1 Å². The first-order chi connectivity index (χ1) is 0. The Morgan fingerprint density at radius 2 is 0.600 bits per heavy atom. The normalized spacial score (nSPS) is 0. The molecule has 0 aromatic heterocycles. The topological polar surface area (TPSA) is 0 Å². The van der Waals surface area contributed by atoms with Crippen LogP contribution in [0.4, 0.5) is 14.1 Å². The Morgan fingerprint density at radius 3 is 0.600 bits per heavy atom. The Kier molecular flexibility index (Phi) is 702. The molecule has 0 bridgehead atoms. The monoisotopic (exact) mass is 110 g/mol. The molecular weight excluding hydrogens is 104 g/mol. The predicted molar refractivity (Wildman–Crippen MR) is 23.2 cm³/mol. The van der Waals surface area contributed by atoms with Crippen molar-refractivity contribution in [1.29, 1.82) is 0 Å². The summed E-state index contributed by atoms with van der Waals surface area (Å²) in [4.78, 5) is 0. The van der Waals surface area contributed by atoms with E-state index in [-0.39, 0.29) is 70.7 Å². The third kappa shape index (κ3) is 27.7. The molecule has 0 aliphatic heterocycles. The average molecular weight is 110 g/mol. The van der Waals surface area contributed by atoms with E-state index < -0.39 is 0 Å². The molecule has 0 unspecified atom stereocenters. The van der Waals surface area contributed by atoms with Gasteiger partial charge >= 0.3 is 56.6 Å². The van der Waals surface area contributed by atoms with E-state index in [1.807, 2.05) is 0 Å². The van der Waals surface area contributed by atoms with Crippen molar-refractivity contribution in [3.05, 3.63) is 0 Å². The summed E-state index contributed by atoms with van der Waals surface area (Å²) >= 11 is 0. The van der Waals surface area contributed by atoms with E-state index in [1.165, 1.54) is 0 Å². The summed E-state index contributed by atoms with van der Waals surface area (Å²) < 4.78 is 0. The maximum absolute atomic E-state index is 0. The second-order valence-corrected chi connectivity index (χ2v) is 0. The van der Waals surface area contributed by atoms with Gasteiger partial charge in [0.05, 0.1) is 0 Å². The van der Waals surface area contributed by atoms with Crippen molar-refractivity contribution in [1.82, 2.24) is 0 Å². The Bertz CT molecular complexity index is 6.85. The number of rotatable bonds is 0. The fraction of sp³-hybridized carbons (Fsp3) is 0. The summed E-state index contributed by atoms with van der Waals surface area (Å²) in [5, 5.41) is 0. The first kappa shape index (κ1) is 78.1. The standard InChI is InChI=1S/Ca.3FH.Li.3H/h;3*1H;;;;. The van der Waals surface area contributed by atoms with Gasteiger partial charge in [-0.1, -0.05) is 0 Å². The Labute approximate surface area is 70.0 Å². The van der Waals surface area contributed by atoms with Gasteiger partial charge in [-0.25, -0.2) is 0 Å². The van der Waals surface area contributed by atoms with Crippen LogP contribution in [-0.2, 0) is 0 Å². The Balaban J connectivity index is 0. The van der Waals surface area contributed by atoms with Crippen molar-refractivity contribution < 1.29 is 14.1 Å². The fourth-order valence-corrected chi connectivity index (χ4v) is 0. The van der Waals surface area contributed by atoms with E-state index in [1.54, 1.807) is 0 Å². The number of hydrogen-bond acceptors (Lipinski definition) is 0. The first-order valence-corrected chi connectivity index (χ1v) is 0. The molecule has 0 saturated heterocycles. The summed E-state index contributed by atoms with van der Waals surface area (Å²) in [7, 11) is 0. The van der Waals surface area contributed by atoms with Crippen LogP contribution in [0.2, 0.25) is 0 Å². The van der Waals surface area contributed by atoms with Gasteiger partial charge < -0.3 is 0 Å². The minimum atomic E-state index is 0. The molecule has 0 atom stereocenters. The van der Waals surface area contributed by atoms with Gasteiger partial charge in [0.25, 0.3) is 0 Å². The molecule has 0 nitrogen and oxygen atoms in total. The van der Waals surface area contributed by atoms with E-state index in [2.05, 4.69) is 0 Å². The molecule has 5 heavy (non-hydrogen) atoms. The SMILES string of the molecule is F.F.F.[CaH2].[LiH]. The van der Waals surface area contributed by atoms with Gasteiger partial charge in [0.2, 0.25) is 0 Å². The van der Waals surface area contributed by atoms with E-state index in [4.69, 9.17) is 0 Å². The third-order valence-electron chi connectivity index (χ3n) is 0. The Morgan fingerprint density at radius 1 is 0.600 bits per heavy atom. The van der Waals surface area contributed by atoms with Crippen LogP contribution in [0.5, 0.6) is 0 Å². The molecular formula is H6CaF3Li. The van der Waals surface area contributed by atoms with Crippen molar-refractivity contribution in [2.45, 2.75) is 0 Å². The van der Waals surface area contributed by atoms with E-state index in [0.717, 1.165) is 0 Å². The van der Waals surface area contributed by atoms with Crippen LogP contribution in [0.1, 0.15) is 0 Å². The zero-order valence-electron chi connectivity index (χ0n) is 1.22. The van der Waals surface area contributed by atoms with E-state index >= 15 is 0 Å². The van der Waals surface area contributed by atoms with Crippen LogP contribution in [0.3, 0.4) is 0 Å². The summed E-state index contributed by atoms with van der Waals surface area (Å²) in [5.41, 5.74) is 0. The molecule has 0 aromatic rings. The molecule has 0 aliphatic rings. The molecule has 0 aromatic carbocycles. The number of hydrogen-bond donors (Lipinski definition) is 0. The average Bonchev–Trinajstić information content (AvgIpc) is 0. The molecule has 0 radical (unpaired) electrons. The van der Waals surface area contributed by atoms with Crippen LogP contribution in [-0.4, -0.2) is 56.6 Å². The van der Waals surface area contributed by atoms with Crippen LogP contribution >= 0.6 is 0 Å². The second kappa shape index (κ2) is 45.0. The quantitative estimate of drug-likeness (QED) is 0.347. The van der Waals surface area contributed by atoms with Gasteiger partial charge in [-0.05, 0) is 0 Å². The zero-order valence-corrected chi connectivity index (χ0v) is 1.22. The van der Waals surface area contributed by atoms with Crippen LogP contribution in [0.25, 0.3) is 0 Å². The van der Waals surface area contributed by atoms with Crippen molar-refractivity contribution >= 4 is 56.6 Å². The molecule has 30 valence electrons. The van der Waals surface area contributed by atoms with E-state index in [9.17, 15) is 0 Å². The molecule has 0 N–H and O–H groups in total. The summed E-state index contributed by atoms with van der Waals surface area (Å²) in [6, 6.07) is 0. The summed E-state index contributed by atoms with van der Waals surface area (Å²) in [6.45, 7) is 0. The first-order valence-electron chi connectivity index (χ1n) is 0. The third-order valence-corrected chi connectivity index (χ3v) is 0. The van der Waals surface area contributed by atoms with Gasteiger partial charge in [-0.2, -0.15) is 0 Å². The molecule has 5 heteroatoms. The molecule has 0 saturated carbocycles. The summed E-state index contributed by atoms with van der Waals surface area (Å²) in [6.07, 6.45) is 0. The van der Waals surface area contributed by atoms with Crippen LogP contribution < -0.4 is 0 Å². The fourth-order valence-electron chi connectivity index (χ4n) is 0. The molecule has 0 spiro atoms.